The van der Waals surface area contributed by atoms with Gasteiger partial charge in [-0.3, -0.25) is 9.59 Å². The number of pyridine rings is 1. The second kappa shape index (κ2) is 8.31. The van der Waals surface area contributed by atoms with E-state index in [4.69, 9.17) is 0 Å². The molecule has 29 heavy (non-hydrogen) atoms. The molecule has 1 saturated heterocycles. The number of nitrogens with zero attached hydrogens (tertiary/aromatic N) is 2. The number of rotatable bonds is 4. The number of benzene rings is 1. The van der Waals surface area contributed by atoms with Gasteiger partial charge in [0.25, 0.3) is 0 Å². The lowest BCUT2D eigenvalue weighted by Crippen LogP contribution is -2.40. The van der Waals surface area contributed by atoms with Crippen molar-refractivity contribution < 1.29 is 14.0 Å². The van der Waals surface area contributed by atoms with Crippen molar-refractivity contribution >= 4 is 17.6 Å². The lowest BCUT2D eigenvalue weighted by Gasteiger charge is -2.34. The molecule has 1 aliphatic carbocycles. The molecule has 1 aromatic heterocycles. The van der Waals surface area contributed by atoms with Gasteiger partial charge >= 0.3 is 0 Å². The molecule has 2 aliphatic rings. The van der Waals surface area contributed by atoms with E-state index in [1.54, 1.807) is 12.3 Å². The van der Waals surface area contributed by atoms with Crippen LogP contribution in [0.1, 0.15) is 44.1 Å². The smallest absolute Gasteiger partial charge is 0.228 e. The van der Waals surface area contributed by atoms with E-state index >= 15 is 0 Å². The van der Waals surface area contributed by atoms with E-state index in [9.17, 15) is 14.0 Å². The summed E-state index contributed by atoms with van der Waals surface area (Å²) in [6, 6.07) is 8.75. The summed E-state index contributed by atoms with van der Waals surface area (Å²) in [7, 11) is 0. The molecule has 1 N–H and O–H groups in total. The highest BCUT2D eigenvalue weighted by Crippen LogP contribution is 2.31. The molecule has 2 heterocycles. The van der Waals surface area contributed by atoms with Gasteiger partial charge in [-0.25, -0.2) is 9.37 Å². The van der Waals surface area contributed by atoms with Gasteiger partial charge in [-0.1, -0.05) is 6.07 Å². The molecule has 0 spiro atoms. The standard InChI is InChI=1S/C23H26FN3O2/c1-15-11-18(13-19(24)12-15)17-6-9-21(25-14-17)26-23(29)16-4-7-20(8-5-16)27-10-2-3-22(27)28/h6,9,11-14,16,20H,2-5,7-8,10H2,1H3,(H,25,26,29)/t16-,20+. The number of nitrogens with one attached hydrogen (secondary N) is 1. The molecule has 0 radical (unpaired) electrons. The van der Waals surface area contributed by atoms with Crippen LogP contribution in [0.2, 0.25) is 0 Å². The second-order valence-corrected chi connectivity index (χ2v) is 8.13. The number of hydrogen-bond acceptors (Lipinski definition) is 3. The maximum atomic E-state index is 13.6. The minimum atomic E-state index is -0.274. The van der Waals surface area contributed by atoms with Crippen molar-refractivity contribution in [2.75, 3.05) is 11.9 Å². The van der Waals surface area contributed by atoms with Crippen molar-refractivity contribution in [3.05, 3.63) is 47.9 Å². The van der Waals surface area contributed by atoms with Crippen LogP contribution in [0.4, 0.5) is 10.2 Å². The number of carbonyl (C=O) groups is 2. The lowest BCUT2D eigenvalue weighted by atomic mass is 9.85. The van der Waals surface area contributed by atoms with Crippen molar-refractivity contribution in [1.29, 1.82) is 0 Å². The van der Waals surface area contributed by atoms with Gasteiger partial charge in [-0.15, -0.1) is 0 Å². The third kappa shape index (κ3) is 4.47. The van der Waals surface area contributed by atoms with Gasteiger partial charge in [0.2, 0.25) is 11.8 Å². The van der Waals surface area contributed by atoms with Crippen LogP contribution in [0.3, 0.4) is 0 Å². The molecule has 0 unspecified atom stereocenters. The van der Waals surface area contributed by atoms with Crippen molar-refractivity contribution in [2.45, 2.75) is 51.5 Å². The number of aromatic nitrogens is 1. The zero-order chi connectivity index (χ0) is 20.4. The topological polar surface area (TPSA) is 62.3 Å². The predicted octanol–water partition coefficient (Wildman–Crippen LogP) is 4.32. The van der Waals surface area contributed by atoms with E-state index in [0.29, 0.717) is 18.3 Å². The van der Waals surface area contributed by atoms with Crippen molar-refractivity contribution in [3.63, 3.8) is 0 Å². The molecule has 0 atom stereocenters. The number of aryl methyl sites for hydroxylation is 1. The predicted molar refractivity (Wildman–Crippen MR) is 110 cm³/mol. The Hall–Kier alpha value is -2.76. The maximum Gasteiger partial charge on any atom is 0.228 e. The Morgan fingerprint density at radius 1 is 1.14 bits per heavy atom. The van der Waals surface area contributed by atoms with Crippen molar-refractivity contribution in [1.82, 2.24) is 9.88 Å². The molecule has 4 rings (SSSR count). The first-order valence-corrected chi connectivity index (χ1v) is 10.3. The highest BCUT2D eigenvalue weighted by atomic mass is 19.1. The molecule has 1 saturated carbocycles. The molecule has 152 valence electrons. The molecular formula is C23H26FN3O2. The van der Waals surface area contributed by atoms with E-state index in [-0.39, 0.29) is 23.5 Å². The summed E-state index contributed by atoms with van der Waals surface area (Å²) in [4.78, 5) is 30.9. The zero-order valence-corrected chi connectivity index (χ0v) is 16.7. The maximum absolute atomic E-state index is 13.6. The molecular weight excluding hydrogens is 369 g/mol. The number of amides is 2. The Bertz CT molecular complexity index is 885. The first-order chi connectivity index (χ1) is 14.0. The van der Waals surface area contributed by atoms with Crippen LogP contribution in [-0.2, 0) is 9.59 Å². The van der Waals surface area contributed by atoms with Crippen LogP contribution in [0.25, 0.3) is 11.1 Å². The Labute approximate surface area is 170 Å². The SMILES string of the molecule is Cc1cc(F)cc(-c2ccc(NC(=O)[C@H]3CC[C@@H](N4CCCC4=O)CC3)nc2)c1. The summed E-state index contributed by atoms with van der Waals surface area (Å²) >= 11 is 0. The summed E-state index contributed by atoms with van der Waals surface area (Å²) in [5.41, 5.74) is 2.42. The monoisotopic (exact) mass is 395 g/mol. The third-order valence-corrected chi connectivity index (χ3v) is 6.01. The Kier molecular flexibility index (Phi) is 5.60. The summed E-state index contributed by atoms with van der Waals surface area (Å²) in [5, 5.41) is 2.90. The first-order valence-electron chi connectivity index (χ1n) is 10.3. The average molecular weight is 395 g/mol. The lowest BCUT2D eigenvalue weighted by molar-refractivity contribution is -0.130. The molecule has 1 aromatic carbocycles. The van der Waals surface area contributed by atoms with Crippen molar-refractivity contribution in [2.24, 2.45) is 5.92 Å². The first kappa shape index (κ1) is 19.6. The van der Waals surface area contributed by atoms with Crippen LogP contribution >= 0.6 is 0 Å². The van der Waals surface area contributed by atoms with Crippen LogP contribution < -0.4 is 5.32 Å². The van der Waals surface area contributed by atoms with Crippen LogP contribution in [0, 0.1) is 18.7 Å². The summed E-state index contributed by atoms with van der Waals surface area (Å²) < 4.78 is 13.6. The quantitative estimate of drug-likeness (QED) is 0.839. The highest BCUT2D eigenvalue weighted by Gasteiger charge is 2.33. The van der Waals surface area contributed by atoms with Gasteiger partial charge < -0.3 is 10.2 Å². The van der Waals surface area contributed by atoms with Crippen LogP contribution in [-0.4, -0.2) is 34.3 Å². The number of halogens is 1. The second-order valence-electron chi connectivity index (χ2n) is 8.13. The Balaban J connectivity index is 1.33. The fourth-order valence-corrected chi connectivity index (χ4v) is 4.47. The Morgan fingerprint density at radius 3 is 2.55 bits per heavy atom. The largest absolute Gasteiger partial charge is 0.340 e. The number of carbonyl (C=O) groups excluding carboxylic acids is 2. The van der Waals surface area contributed by atoms with Crippen molar-refractivity contribution in [3.8, 4) is 11.1 Å². The molecule has 2 amide bonds. The van der Waals surface area contributed by atoms with Gasteiger partial charge in [-0.05, 0) is 74.4 Å². The van der Waals surface area contributed by atoms with E-state index in [1.807, 2.05) is 24.0 Å². The summed E-state index contributed by atoms with van der Waals surface area (Å²) in [6.45, 7) is 2.71. The van der Waals surface area contributed by atoms with E-state index in [0.717, 1.165) is 55.3 Å². The van der Waals surface area contributed by atoms with Gasteiger partial charge in [0.05, 0.1) is 0 Å². The van der Waals surface area contributed by atoms with Gasteiger partial charge in [0.1, 0.15) is 11.6 Å². The minimum Gasteiger partial charge on any atom is -0.340 e. The number of anilines is 1. The van der Waals surface area contributed by atoms with Gasteiger partial charge in [0.15, 0.2) is 0 Å². The fourth-order valence-electron chi connectivity index (χ4n) is 4.47. The van der Waals surface area contributed by atoms with Gasteiger partial charge in [0, 0.05) is 36.7 Å². The fraction of sp³-hybridized carbons (Fsp3) is 0.435. The number of likely N-dealkylation sites (tertiary alicyclic amines) is 1. The van der Waals surface area contributed by atoms with E-state index in [1.165, 1.54) is 12.1 Å². The van der Waals surface area contributed by atoms with Gasteiger partial charge in [-0.2, -0.15) is 0 Å². The molecule has 2 fully saturated rings. The van der Waals surface area contributed by atoms with E-state index in [2.05, 4.69) is 10.3 Å². The molecule has 1 aliphatic heterocycles. The molecule has 6 heteroatoms. The van der Waals surface area contributed by atoms with Crippen LogP contribution in [0.15, 0.2) is 36.5 Å². The normalized spacial score (nSPS) is 22.0. The van der Waals surface area contributed by atoms with Crippen LogP contribution in [0.5, 0.6) is 0 Å². The number of hydrogen-bond donors (Lipinski definition) is 1. The average Bonchev–Trinajstić information content (AvgIpc) is 3.14. The zero-order valence-electron chi connectivity index (χ0n) is 16.7. The molecule has 2 aromatic rings. The highest BCUT2D eigenvalue weighted by molar-refractivity contribution is 5.92. The third-order valence-electron chi connectivity index (χ3n) is 6.01. The minimum absolute atomic E-state index is 0.0157. The summed E-state index contributed by atoms with van der Waals surface area (Å²) in [5.74, 6) is 0.428. The summed E-state index contributed by atoms with van der Waals surface area (Å²) in [6.07, 6.45) is 6.62. The Morgan fingerprint density at radius 2 is 1.93 bits per heavy atom. The van der Waals surface area contributed by atoms with E-state index < -0.39 is 0 Å². The molecule has 0 bridgehead atoms. The molecule has 5 nitrogen and oxygen atoms in total.